The second kappa shape index (κ2) is 4.08. The molecule has 0 saturated heterocycles. The van der Waals surface area contributed by atoms with Crippen LogP contribution in [0.3, 0.4) is 0 Å². The highest BCUT2D eigenvalue weighted by Crippen LogP contribution is 2.30. The highest BCUT2D eigenvalue weighted by Gasteiger charge is 2.18. The number of nitrogens with zero attached hydrogens (tertiary/aromatic N) is 2. The van der Waals surface area contributed by atoms with Gasteiger partial charge in [-0.1, -0.05) is 25.1 Å². The fraction of sp³-hybridized carbons (Fsp3) is 0.385. The van der Waals surface area contributed by atoms with Gasteiger partial charge in [0.15, 0.2) is 0 Å². The molecule has 0 saturated carbocycles. The number of pyridine rings is 1. The van der Waals surface area contributed by atoms with Gasteiger partial charge in [-0.05, 0) is 25.5 Å². The van der Waals surface area contributed by atoms with Crippen LogP contribution in [0.5, 0.6) is 0 Å². The summed E-state index contributed by atoms with van der Waals surface area (Å²) >= 11 is 0. The Morgan fingerprint density at radius 2 is 1.94 bits per heavy atom. The first kappa shape index (κ1) is 10.9. The van der Waals surface area contributed by atoms with Gasteiger partial charge in [0.2, 0.25) is 0 Å². The molecule has 0 fully saturated rings. The Bertz CT molecular complexity index is 483. The van der Waals surface area contributed by atoms with E-state index < -0.39 is 0 Å². The van der Waals surface area contributed by atoms with Crippen molar-refractivity contribution in [1.29, 1.82) is 0 Å². The van der Waals surface area contributed by atoms with Gasteiger partial charge in [-0.2, -0.15) is 0 Å². The van der Waals surface area contributed by atoms with Crippen LogP contribution in [-0.4, -0.2) is 10.1 Å². The van der Waals surface area contributed by atoms with E-state index in [0.717, 1.165) is 28.3 Å². The molecule has 3 nitrogen and oxygen atoms in total. The summed E-state index contributed by atoms with van der Waals surface area (Å²) in [5, 5.41) is 4.02. The van der Waals surface area contributed by atoms with Crippen molar-refractivity contribution < 1.29 is 4.52 Å². The molecule has 0 amide bonds. The Hall–Kier alpha value is -1.64. The minimum Gasteiger partial charge on any atom is -0.360 e. The van der Waals surface area contributed by atoms with Gasteiger partial charge < -0.3 is 4.52 Å². The zero-order chi connectivity index (χ0) is 11.7. The van der Waals surface area contributed by atoms with Crippen LogP contribution >= 0.6 is 0 Å². The van der Waals surface area contributed by atoms with Crippen LogP contribution in [0.4, 0.5) is 0 Å². The molecule has 0 atom stereocenters. The molecule has 3 heteroatoms. The highest BCUT2D eigenvalue weighted by atomic mass is 16.5. The van der Waals surface area contributed by atoms with Gasteiger partial charge in [0.25, 0.3) is 0 Å². The molecule has 16 heavy (non-hydrogen) atoms. The van der Waals surface area contributed by atoms with Crippen molar-refractivity contribution in [3.63, 3.8) is 0 Å². The van der Waals surface area contributed by atoms with Crippen molar-refractivity contribution in [2.24, 2.45) is 0 Å². The van der Waals surface area contributed by atoms with Gasteiger partial charge in [-0.15, -0.1) is 0 Å². The Morgan fingerprint density at radius 3 is 2.50 bits per heavy atom. The SMILES string of the molecule is Cc1ccc(-c2c(C)noc2C(C)C)nc1. The molecule has 0 N–H and O–H groups in total. The monoisotopic (exact) mass is 216 g/mol. The lowest BCUT2D eigenvalue weighted by molar-refractivity contribution is 0.368. The maximum Gasteiger partial charge on any atom is 0.148 e. The maximum absolute atomic E-state index is 5.35. The summed E-state index contributed by atoms with van der Waals surface area (Å²) in [6.07, 6.45) is 1.87. The molecule has 2 heterocycles. The topological polar surface area (TPSA) is 38.9 Å². The zero-order valence-electron chi connectivity index (χ0n) is 10.1. The first-order chi connectivity index (χ1) is 7.59. The van der Waals surface area contributed by atoms with Crippen molar-refractivity contribution >= 4 is 0 Å². The smallest absolute Gasteiger partial charge is 0.148 e. The summed E-state index contributed by atoms with van der Waals surface area (Å²) in [6, 6.07) is 4.07. The van der Waals surface area contributed by atoms with Crippen LogP contribution in [0.15, 0.2) is 22.9 Å². The van der Waals surface area contributed by atoms with Crippen LogP contribution in [0.2, 0.25) is 0 Å². The van der Waals surface area contributed by atoms with Gasteiger partial charge >= 0.3 is 0 Å². The number of hydrogen-bond acceptors (Lipinski definition) is 3. The molecule has 2 rings (SSSR count). The second-order valence-corrected chi connectivity index (χ2v) is 4.38. The molecular weight excluding hydrogens is 200 g/mol. The molecule has 0 aliphatic rings. The minimum absolute atomic E-state index is 0.319. The number of rotatable bonds is 2. The predicted octanol–water partition coefficient (Wildman–Crippen LogP) is 3.48. The zero-order valence-corrected chi connectivity index (χ0v) is 10.1. The van der Waals surface area contributed by atoms with Crippen LogP contribution in [0.25, 0.3) is 11.3 Å². The maximum atomic E-state index is 5.35. The summed E-state index contributed by atoms with van der Waals surface area (Å²) in [4.78, 5) is 4.42. The summed E-state index contributed by atoms with van der Waals surface area (Å²) < 4.78 is 5.35. The lowest BCUT2D eigenvalue weighted by Crippen LogP contribution is -1.91. The molecule has 2 aromatic heterocycles. The number of aromatic nitrogens is 2. The number of aryl methyl sites for hydroxylation is 2. The molecule has 2 aromatic rings. The molecule has 0 radical (unpaired) electrons. The Kier molecular flexibility index (Phi) is 2.77. The second-order valence-electron chi connectivity index (χ2n) is 4.38. The van der Waals surface area contributed by atoms with Crippen LogP contribution < -0.4 is 0 Å². The Labute approximate surface area is 95.5 Å². The van der Waals surface area contributed by atoms with Crippen LogP contribution in [-0.2, 0) is 0 Å². The summed E-state index contributed by atoms with van der Waals surface area (Å²) in [5.41, 5.74) is 4.03. The fourth-order valence-corrected chi connectivity index (χ4v) is 1.71. The molecule has 0 aromatic carbocycles. The van der Waals surface area contributed by atoms with E-state index in [0.29, 0.717) is 5.92 Å². The first-order valence-corrected chi connectivity index (χ1v) is 5.48. The van der Waals surface area contributed by atoms with Crippen molar-refractivity contribution in [2.75, 3.05) is 0 Å². The summed E-state index contributed by atoms with van der Waals surface area (Å²) in [5.74, 6) is 1.23. The lowest BCUT2D eigenvalue weighted by atomic mass is 10.0. The Balaban J connectivity index is 2.54. The average molecular weight is 216 g/mol. The van der Waals surface area contributed by atoms with E-state index in [2.05, 4.69) is 30.1 Å². The summed E-state index contributed by atoms with van der Waals surface area (Å²) in [7, 11) is 0. The third kappa shape index (κ3) is 1.85. The van der Waals surface area contributed by atoms with E-state index in [1.165, 1.54) is 0 Å². The van der Waals surface area contributed by atoms with E-state index in [1.54, 1.807) is 0 Å². The van der Waals surface area contributed by atoms with E-state index in [1.807, 2.05) is 26.1 Å². The standard InChI is InChI=1S/C13H16N2O/c1-8(2)13-12(10(4)15-16-13)11-6-5-9(3)7-14-11/h5-8H,1-4H3. The molecule has 0 spiro atoms. The van der Waals surface area contributed by atoms with Gasteiger partial charge in [-0.25, -0.2) is 0 Å². The predicted molar refractivity (Wildman–Crippen MR) is 63.3 cm³/mol. The highest BCUT2D eigenvalue weighted by molar-refractivity contribution is 5.64. The molecule has 0 unspecified atom stereocenters. The first-order valence-electron chi connectivity index (χ1n) is 5.48. The molecule has 0 bridgehead atoms. The van der Waals surface area contributed by atoms with Crippen molar-refractivity contribution in [1.82, 2.24) is 10.1 Å². The van der Waals surface area contributed by atoms with E-state index >= 15 is 0 Å². The van der Waals surface area contributed by atoms with Crippen LogP contribution in [0, 0.1) is 13.8 Å². The molecule has 0 aliphatic carbocycles. The van der Waals surface area contributed by atoms with Gasteiger partial charge in [0.1, 0.15) is 5.76 Å². The van der Waals surface area contributed by atoms with Crippen molar-refractivity contribution in [2.45, 2.75) is 33.6 Å². The third-order valence-electron chi connectivity index (χ3n) is 2.58. The van der Waals surface area contributed by atoms with Gasteiger partial charge in [0, 0.05) is 12.1 Å². The third-order valence-corrected chi connectivity index (χ3v) is 2.58. The molecular formula is C13H16N2O. The molecule has 0 aliphatic heterocycles. The quantitative estimate of drug-likeness (QED) is 0.771. The largest absolute Gasteiger partial charge is 0.360 e. The lowest BCUT2D eigenvalue weighted by Gasteiger charge is -2.04. The fourth-order valence-electron chi connectivity index (χ4n) is 1.71. The number of hydrogen-bond donors (Lipinski definition) is 0. The van der Waals surface area contributed by atoms with Crippen LogP contribution in [0.1, 0.15) is 36.8 Å². The Morgan fingerprint density at radius 1 is 1.19 bits per heavy atom. The van der Waals surface area contributed by atoms with Gasteiger partial charge in [0.05, 0.1) is 17.0 Å². The normalized spacial score (nSPS) is 11.1. The summed E-state index contributed by atoms with van der Waals surface area (Å²) in [6.45, 7) is 8.17. The van der Waals surface area contributed by atoms with E-state index in [4.69, 9.17) is 4.52 Å². The van der Waals surface area contributed by atoms with Gasteiger partial charge in [-0.3, -0.25) is 4.98 Å². The van der Waals surface area contributed by atoms with E-state index in [-0.39, 0.29) is 0 Å². The minimum atomic E-state index is 0.319. The molecule has 84 valence electrons. The van der Waals surface area contributed by atoms with E-state index in [9.17, 15) is 0 Å². The van der Waals surface area contributed by atoms with Crippen molar-refractivity contribution in [3.05, 3.63) is 35.3 Å². The average Bonchev–Trinajstić information content (AvgIpc) is 2.62. The van der Waals surface area contributed by atoms with Crippen molar-refractivity contribution in [3.8, 4) is 11.3 Å².